The molecule has 0 saturated heterocycles. The molecule has 1 heterocycles. The monoisotopic (exact) mass is 472 g/mol. The summed E-state index contributed by atoms with van der Waals surface area (Å²) in [6.07, 6.45) is 1.31. The quantitative estimate of drug-likeness (QED) is 0.514. The number of nitrogens with one attached hydrogen (secondary N) is 2. The number of benzene rings is 2. The molecule has 0 saturated carbocycles. The minimum atomic E-state index is -0.813. The molecule has 1 aliphatic rings. The molecule has 2 aromatic rings. The van der Waals surface area contributed by atoms with Gasteiger partial charge in [0.25, 0.3) is 11.8 Å². The van der Waals surface area contributed by atoms with Gasteiger partial charge in [-0.15, -0.1) is 0 Å². The average Bonchev–Trinajstić information content (AvgIpc) is 2.98. The van der Waals surface area contributed by atoms with Gasteiger partial charge in [0, 0.05) is 6.54 Å². The number of aliphatic hydroxyl groups excluding tert-OH is 1. The third-order valence-corrected chi connectivity index (χ3v) is 5.95. The minimum Gasteiger partial charge on any atom is -0.503 e. The third-order valence-electron chi connectivity index (χ3n) is 4.47. The SMILES string of the molecule is O=C1NC(c2ccc(Cl)c(Cl)c2)C(C(=O)NCCCc2ccc(Cl)c(Cl)c2)=C1O. The summed E-state index contributed by atoms with van der Waals surface area (Å²) >= 11 is 23.8. The third kappa shape index (κ3) is 4.98. The van der Waals surface area contributed by atoms with E-state index in [1.807, 2.05) is 6.07 Å². The smallest absolute Gasteiger partial charge is 0.287 e. The summed E-state index contributed by atoms with van der Waals surface area (Å²) in [7, 11) is 0. The highest BCUT2D eigenvalue weighted by atomic mass is 35.5. The van der Waals surface area contributed by atoms with E-state index in [-0.39, 0.29) is 10.6 Å². The van der Waals surface area contributed by atoms with E-state index in [9.17, 15) is 14.7 Å². The summed E-state index contributed by atoms with van der Waals surface area (Å²) in [6, 6.07) is 9.29. The summed E-state index contributed by atoms with van der Waals surface area (Å²) < 4.78 is 0. The number of halogens is 4. The summed E-state index contributed by atoms with van der Waals surface area (Å²) in [5.74, 6) is -1.86. The van der Waals surface area contributed by atoms with Crippen LogP contribution in [0.3, 0.4) is 0 Å². The highest BCUT2D eigenvalue weighted by Gasteiger charge is 2.37. The maximum absolute atomic E-state index is 12.6. The van der Waals surface area contributed by atoms with Crippen molar-refractivity contribution in [2.45, 2.75) is 18.9 Å². The van der Waals surface area contributed by atoms with E-state index in [1.165, 1.54) is 0 Å². The zero-order valence-corrected chi connectivity index (χ0v) is 18.0. The summed E-state index contributed by atoms with van der Waals surface area (Å²) in [6.45, 7) is 0.345. The van der Waals surface area contributed by atoms with Gasteiger partial charge in [-0.3, -0.25) is 9.59 Å². The van der Waals surface area contributed by atoms with E-state index < -0.39 is 23.6 Å². The van der Waals surface area contributed by atoms with Crippen LogP contribution in [0.2, 0.25) is 20.1 Å². The molecule has 0 spiro atoms. The lowest BCUT2D eigenvalue weighted by Gasteiger charge is -2.16. The molecule has 0 aliphatic carbocycles. The highest BCUT2D eigenvalue weighted by Crippen LogP contribution is 2.33. The molecule has 2 aromatic carbocycles. The van der Waals surface area contributed by atoms with E-state index in [0.717, 1.165) is 5.56 Å². The van der Waals surface area contributed by atoms with Gasteiger partial charge in [0.2, 0.25) is 0 Å². The predicted octanol–water partition coefficient (Wildman–Crippen LogP) is 5.03. The molecule has 2 amide bonds. The first kappa shape index (κ1) is 21.8. The number of hydrogen-bond acceptors (Lipinski definition) is 3. The van der Waals surface area contributed by atoms with Crippen molar-refractivity contribution < 1.29 is 14.7 Å². The van der Waals surface area contributed by atoms with Crippen LogP contribution in [-0.2, 0) is 16.0 Å². The minimum absolute atomic E-state index is 0.0528. The van der Waals surface area contributed by atoms with Gasteiger partial charge in [0.1, 0.15) is 0 Å². The van der Waals surface area contributed by atoms with Crippen molar-refractivity contribution >= 4 is 58.2 Å². The van der Waals surface area contributed by atoms with Gasteiger partial charge in [-0.1, -0.05) is 58.5 Å². The van der Waals surface area contributed by atoms with Crippen molar-refractivity contribution in [2.24, 2.45) is 0 Å². The number of amides is 2. The van der Waals surface area contributed by atoms with Crippen LogP contribution in [0.5, 0.6) is 0 Å². The Balaban J connectivity index is 1.65. The standard InChI is InChI=1S/C20H16Cl4N2O3/c21-12-5-3-10(8-14(12)23)2-1-7-25-19(28)16-17(26-20(29)18(16)27)11-4-6-13(22)15(24)9-11/h3-6,8-9,17,27H,1-2,7H2,(H,25,28)(H,26,29). The summed E-state index contributed by atoms with van der Waals surface area (Å²) in [4.78, 5) is 24.5. The average molecular weight is 474 g/mol. The lowest BCUT2D eigenvalue weighted by Crippen LogP contribution is -2.30. The van der Waals surface area contributed by atoms with Crippen molar-refractivity contribution in [1.82, 2.24) is 10.6 Å². The van der Waals surface area contributed by atoms with E-state index in [1.54, 1.807) is 30.3 Å². The molecule has 1 unspecified atom stereocenters. The number of carbonyl (C=O) groups excluding carboxylic acids is 2. The van der Waals surface area contributed by atoms with E-state index in [2.05, 4.69) is 10.6 Å². The molecule has 152 valence electrons. The first-order valence-corrected chi connectivity index (χ1v) is 10.2. The summed E-state index contributed by atoms with van der Waals surface area (Å²) in [5.41, 5.74) is 1.47. The van der Waals surface area contributed by atoms with E-state index in [4.69, 9.17) is 46.4 Å². The molecular weight excluding hydrogens is 458 g/mol. The molecule has 9 heteroatoms. The van der Waals surface area contributed by atoms with Crippen LogP contribution >= 0.6 is 46.4 Å². The zero-order chi connectivity index (χ0) is 21.1. The van der Waals surface area contributed by atoms with Gasteiger partial charge < -0.3 is 15.7 Å². The fraction of sp³-hybridized carbons (Fsp3) is 0.200. The molecule has 1 aliphatic heterocycles. The van der Waals surface area contributed by atoms with Gasteiger partial charge >= 0.3 is 0 Å². The van der Waals surface area contributed by atoms with Gasteiger partial charge in [-0.25, -0.2) is 0 Å². The first-order chi connectivity index (χ1) is 13.8. The van der Waals surface area contributed by atoms with Crippen LogP contribution in [0.15, 0.2) is 47.7 Å². The van der Waals surface area contributed by atoms with Crippen LogP contribution in [-0.4, -0.2) is 23.5 Å². The Hall–Kier alpha value is -1.92. The van der Waals surface area contributed by atoms with Crippen molar-refractivity contribution in [3.8, 4) is 0 Å². The topological polar surface area (TPSA) is 78.4 Å². The second-order valence-corrected chi connectivity index (χ2v) is 8.08. The lowest BCUT2D eigenvalue weighted by molar-refractivity contribution is -0.120. The zero-order valence-electron chi connectivity index (χ0n) is 14.9. The van der Waals surface area contributed by atoms with Gasteiger partial charge in [0.05, 0.1) is 31.7 Å². The maximum Gasteiger partial charge on any atom is 0.287 e. The van der Waals surface area contributed by atoms with Crippen molar-refractivity contribution in [1.29, 1.82) is 0 Å². The number of rotatable bonds is 6. The second-order valence-electron chi connectivity index (χ2n) is 6.45. The Bertz CT molecular complexity index is 1010. The molecule has 3 rings (SSSR count). The molecule has 1 atom stereocenters. The Morgan fingerprint density at radius 2 is 1.66 bits per heavy atom. The number of aliphatic hydroxyl groups is 1. The number of aryl methyl sites for hydroxylation is 1. The largest absolute Gasteiger partial charge is 0.503 e. The van der Waals surface area contributed by atoms with Crippen LogP contribution < -0.4 is 10.6 Å². The Morgan fingerprint density at radius 1 is 1.00 bits per heavy atom. The molecule has 0 bridgehead atoms. The second kappa shape index (κ2) is 9.26. The van der Waals surface area contributed by atoms with Crippen LogP contribution in [0, 0.1) is 0 Å². The highest BCUT2D eigenvalue weighted by molar-refractivity contribution is 6.42. The molecule has 0 aromatic heterocycles. The molecular formula is C20H16Cl4N2O3. The van der Waals surface area contributed by atoms with Crippen LogP contribution in [0.1, 0.15) is 23.6 Å². The molecule has 0 radical (unpaired) electrons. The van der Waals surface area contributed by atoms with E-state index in [0.29, 0.717) is 40.0 Å². The Kier molecular flexibility index (Phi) is 6.96. The lowest BCUT2D eigenvalue weighted by atomic mass is 9.99. The van der Waals surface area contributed by atoms with E-state index >= 15 is 0 Å². The molecule has 5 nitrogen and oxygen atoms in total. The Labute approximate surface area is 187 Å². The van der Waals surface area contributed by atoms with Gasteiger partial charge in [-0.05, 0) is 48.2 Å². The fourth-order valence-electron chi connectivity index (χ4n) is 3.00. The molecule has 29 heavy (non-hydrogen) atoms. The number of hydrogen-bond donors (Lipinski definition) is 3. The summed E-state index contributed by atoms with van der Waals surface area (Å²) in [5, 5.41) is 17.0. The van der Waals surface area contributed by atoms with Crippen molar-refractivity contribution in [3.63, 3.8) is 0 Å². The van der Waals surface area contributed by atoms with Crippen LogP contribution in [0.4, 0.5) is 0 Å². The van der Waals surface area contributed by atoms with Gasteiger partial charge in [0.15, 0.2) is 5.76 Å². The predicted molar refractivity (Wildman–Crippen MR) is 115 cm³/mol. The van der Waals surface area contributed by atoms with Crippen LogP contribution in [0.25, 0.3) is 0 Å². The Morgan fingerprint density at radius 3 is 2.31 bits per heavy atom. The van der Waals surface area contributed by atoms with Crippen molar-refractivity contribution in [3.05, 3.63) is 78.9 Å². The fourth-order valence-corrected chi connectivity index (χ4v) is 3.62. The first-order valence-electron chi connectivity index (χ1n) is 8.69. The van der Waals surface area contributed by atoms with Gasteiger partial charge in [-0.2, -0.15) is 0 Å². The normalized spacial score (nSPS) is 16.1. The molecule has 3 N–H and O–H groups in total. The molecule has 0 fully saturated rings. The number of carbonyl (C=O) groups is 2. The maximum atomic E-state index is 12.6. The van der Waals surface area contributed by atoms with Crippen molar-refractivity contribution in [2.75, 3.05) is 6.54 Å².